The summed E-state index contributed by atoms with van der Waals surface area (Å²) >= 11 is 0. The van der Waals surface area contributed by atoms with Crippen LogP contribution < -0.4 is 10.2 Å². The molecule has 0 aliphatic carbocycles. The summed E-state index contributed by atoms with van der Waals surface area (Å²) in [6, 6.07) is 8.12. The van der Waals surface area contributed by atoms with Gasteiger partial charge in [-0.3, -0.25) is 9.69 Å². The molecule has 2 heterocycles. The van der Waals surface area contributed by atoms with Gasteiger partial charge in [0.25, 0.3) is 0 Å². The molecular weight excluding hydrogens is 290 g/mol. The molecule has 0 bridgehead atoms. The zero-order valence-electron chi connectivity index (χ0n) is 14.0. The van der Waals surface area contributed by atoms with Crippen molar-refractivity contribution in [2.24, 2.45) is 5.92 Å². The van der Waals surface area contributed by atoms with Crippen LogP contribution in [0.5, 0.6) is 0 Å². The smallest absolute Gasteiger partial charge is 0.238 e. The number of benzene rings is 1. The van der Waals surface area contributed by atoms with Gasteiger partial charge in [0.15, 0.2) is 0 Å². The predicted molar refractivity (Wildman–Crippen MR) is 92.9 cm³/mol. The van der Waals surface area contributed by atoms with Gasteiger partial charge in [-0.15, -0.1) is 0 Å². The number of amides is 1. The highest BCUT2D eigenvalue weighted by Crippen LogP contribution is 2.19. The average Bonchev–Trinajstić information content (AvgIpc) is 2.56. The van der Waals surface area contributed by atoms with Crippen molar-refractivity contribution < 1.29 is 9.53 Å². The largest absolute Gasteiger partial charge is 0.378 e. The van der Waals surface area contributed by atoms with Gasteiger partial charge in [-0.25, -0.2) is 0 Å². The molecule has 5 nitrogen and oxygen atoms in total. The van der Waals surface area contributed by atoms with Crippen molar-refractivity contribution in [2.45, 2.75) is 19.8 Å². The van der Waals surface area contributed by atoms with Gasteiger partial charge >= 0.3 is 0 Å². The first-order valence-electron chi connectivity index (χ1n) is 8.65. The van der Waals surface area contributed by atoms with Gasteiger partial charge < -0.3 is 15.0 Å². The molecule has 1 aromatic carbocycles. The van der Waals surface area contributed by atoms with Gasteiger partial charge in [-0.2, -0.15) is 0 Å². The third-order valence-corrected chi connectivity index (χ3v) is 4.64. The van der Waals surface area contributed by atoms with Crippen LogP contribution in [0.2, 0.25) is 0 Å². The van der Waals surface area contributed by atoms with Gasteiger partial charge in [0, 0.05) is 31.0 Å². The van der Waals surface area contributed by atoms with E-state index >= 15 is 0 Å². The lowest BCUT2D eigenvalue weighted by molar-refractivity contribution is -0.117. The fourth-order valence-corrected chi connectivity index (χ4v) is 3.41. The summed E-state index contributed by atoms with van der Waals surface area (Å²) in [5.41, 5.74) is 2.06. The zero-order valence-corrected chi connectivity index (χ0v) is 14.0. The molecule has 1 amide bonds. The van der Waals surface area contributed by atoms with E-state index in [-0.39, 0.29) is 5.91 Å². The number of morpholine rings is 1. The molecule has 1 unspecified atom stereocenters. The highest BCUT2D eigenvalue weighted by molar-refractivity contribution is 5.92. The highest BCUT2D eigenvalue weighted by atomic mass is 16.5. The number of anilines is 2. The number of piperidine rings is 1. The first-order valence-corrected chi connectivity index (χ1v) is 8.65. The molecule has 2 aliphatic rings. The first-order chi connectivity index (χ1) is 11.2. The Morgan fingerprint density at radius 3 is 2.65 bits per heavy atom. The van der Waals surface area contributed by atoms with Gasteiger partial charge in [0.1, 0.15) is 0 Å². The molecule has 0 aromatic heterocycles. The number of likely N-dealkylation sites (tertiary alicyclic amines) is 1. The maximum absolute atomic E-state index is 12.2. The van der Waals surface area contributed by atoms with E-state index in [0.29, 0.717) is 12.5 Å². The molecule has 2 saturated heterocycles. The monoisotopic (exact) mass is 317 g/mol. The lowest BCUT2D eigenvalue weighted by atomic mass is 10.0. The summed E-state index contributed by atoms with van der Waals surface area (Å²) in [4.78, 5) is 16.8. The summed E-state index contributed by atoms with van der Waals surface area (Å²) in [7, 11) is 0. The van der Waals surface area contributed by atoms with Crippen molar-refractivity contribution in [3.8, 4) is 0 Å². The second-order valence-electron chi connectivity index (χ2n) is 6.68. The van der Waals surface area contributed by atoms with Crippen molar-refractivity contribution in [2.75, 3.05) is 56.2 Å². The van der Waals surface area contributed by atoms with Crippen LogP contribution in [0.4, 0.5) is 11.4 Å². The van der Waals surface area contributed by atoms with Crippen molar-refractivity contribution in [1.82, 2.24) is 4.90 Å². The van der Waals surface area contributed by atoms with Crippen LogP contribution in [-0.4, -0.2) is 56.7 Å². The second-order valence-corrected chi connectivity index (χ2v) is 6.68. The molecule has 1 N–H and O–H groups in total. The molecule has 2 aliphatic heterocycles. The zero-order chi connectivity index (χ0) is 16.1. The van der Waals surface area contributed by atoms with Crippen LogP contribution >= 0.6 is 0 Å². The SMILES string of the molecule is CC1CCCN(CC(=O)Nc2ccc(N3CCOCC3)cc2)C1. The van der Waals surface area contributed by atoms with Crippen LogP contribution in [-0.2, 0) is 9.53 Å². The maximum Gasteiger partial charge on any atom is 0.238 e. The molecule has 1 atom stereocenters. The Hall–Kier alpha value is -1.59. The van der Waals surface area contributed by atoms with Gasteiger partial charge in [0.05, 0.1) is 19.8 Å². The van der Waals surface area contributed by atoms with E-state index in [0.717, 1.165) is 45.1 Å². The summed E-state index contributed by atoms with van der Waals surface area (Å²) in [6.45, 7) is 8.25. The molecule has 23 heavy (non-hydrogen) atoms. The van der Waals surface area contributed by atoms with E-state index in [1.807, 2.05) is 12.1 Å². The maximum atomic E-state index is 12.2. The molecule has 1 aromatic rings. The molecule has 3 rings (SSSR count). The van der Waals surface area contributed by atoms with E-state index < -0.39 is 0 Å². The molecule has 0 radical (unpaired) electrons. The number of ether oxygens (including phenoxy) is 1. The number of nitrogens with one attached hydrogen (secondary N) is 1. The van der Waals surface area contributed by atoms with E-state index in [1.165, 1.54) is 18.5 Å². The number of hydrogen-bond acceptors (Lipinski definition) is 4. The van der Waals surface area contributed by atoms with Crippen molar-refractivity contribution >= 4 is 17.3 Å². The number of carbonyl (C=O) groups is 1. The Morgan fingerprint density at radius 1 is 1.22 bits per heavy atom. The van der Waals surface area contributed by atoms with E-state index in [4.69, 9.17) is 4.74 Å². The van der Waals surface area contributed by atoms with Crippen molar-refractivity contribution in [3.63, 3.8) is 0 Å². The Bertz CT molecular complexity index is 512. The summed E-state index contributed by atoms with van der Waals surface area (Å²) < 4.78 is 5.37. The normalized spacial score (nSPS) is 22.8. The minimum Gasteiger partial charge on any atom is -0.378 e. The first kappa shape index (κ1) is 16.3. The predicted octanol–water partition coefficient (Wildman–Crippen LogP) is 2.19. The number of nitrogens with zero attached hydrogens (tertiary/aromatic N) is 2. The standard InChI is InChI=1S/C18H27N3O2/c1-15-3-2-8-20(13-15)14-18(22)19-16-4-6-17(7-5-16)21-9-11-23-12-10-21/h4-7,15H,2-3,8-14H2,1H3,(H,19,22). The van der Waals surface area contributed by atoms with Crippen molar-refractivity contribution in [3.05, 3.63) is 24.3 Å². The average molecular weight is 317 g/mol. The Labute approximate surface area is 138 Å². The topological polar surface area (TPSA) is 44.8 Å². The fourth-order valence-electron chi connectivity index (χ4n) is 3.41. The number of hydrogen-bond donors (Lipinski definition) is 1. The Balaban J connectivity index is 1.50. The minimum atomic E-state index is 0.0817. The quantitative estimate of drug-likeness (QED) is 0.925. The number of rotatable bonds is 4. The van der Waals surface area contributed by atoms with Crippen LogP contribution in [0, 0.1) is 5.92 Å². The molecule has 126 valence electrons. The lowest BCUT2D eigenvalue weighted by Crippen LogP contribution is -2.39. The molecular formula is C18H27N3O2. The van der Waals surface area contributed by atoms with Gasteiger partial charge in [-0.05, 0) is 49.6 Å². The third kappa shape index (κ3) is 4.69. The summed E-state index contributed by atoms with van der Waals surface area (Å²) in [6.07, 6.45) is 2.48. The van der Waals surface area contributed by atoms with Crippen LogP contribution in [0.15, 0.2) is 24.3 Å². The van der Waals surface area contributed by atoms with Gasteiger partial charge in [-0.1, -0.05) is 6.92 Å². The highest BCUT2D eigenvalue weighted by Gasteiger charge is 2.18. The van der Waals surface area contributed by atoms with E-state index in [2.05, 4.69) is 34.2 Å². The second kappa shape index (κ2) is 7.79. The molecule has 5 heteroatoms. The Kier molecular flexibility index (Phi) is 5.51. The fraction of sp³-hybridized carbons (Fsp3) is 0.611. The van der Waals surface area contributed by atoms with Crippen LogP contribution in [0.25, 0.3) is 0 Å². The lowest BCUT2D eigenvalue weighted by Gasteiger charge is -2.30. The molecule has 0 saturated carbocycles. The van der Waals surface area contributed by atoms with Gasteiger partial charge in [0.2, 0.25) is 5.91 Å². The summed E-state index contributed by atoms with van der Waals surface area (Å²) in [5, 5.41) is 3.01. The van der Waals surface area contributed by atoms with Crippen LogP contribution in [0.3, 0.4) is 0 Å². The molecule has 2 fully saturated rings. The summed E-state index contributed by atoms with van der Waals surface area (Å²) in [5.74, 6) is 0.780. The van der Waals surface area contributed by atoms with Crippen molar-refractivity contribution in [1.29, 1.82) is 0 Å². The minimum absolute atomic E-state index is 0.0817. The third-order valence-electron chi connectivity index (χ3n) is 4.64. The molecule has 0 spiro atoms. The van der Waals surface area contributed by atoms with E-state index in [9.17, 15) is 4.79 Å². The number of carbonyl (C=O) groups excluding carboxylic acids is 1. The van der Waals surface area contributed by atoms with E-state index in [1.54, 1.807) is 0 Å². The van der Waals surface area contributed by atoms with Crippen LogP contribution in [0.1, 0.15) is 19.8 Å². The Morgan fingerprint density at radius 2 is 1.96 bits per heavy atom.